The van der Waals surface area contributed by atoms with E-state index >= 15 is 0 Å². The molecule has 0 radical (unpaired) electrons. The van der Waals surface area contributed by atoms with Gasteiger partial charge in [0.05, 0.1) is 4.88 Å². The Bertz CT molecular complexity index is 974. The number of thiophene rings is 1. The molecule has 1 fully saturated rings. The van der Waals surface area contributed by atoms with Gasteiger partial charge in [-0.15, -0.1) is 11.3 Å². The number of hydrogen-bond donors (Lipinski definition) is 0. The number of rotatable bonds is 2. The fraction of sp³-hybridized carbons (Fsp3) is 0.273. The Morgan fingerprint density at radius 1 is 0.926 bits per heavy atom. The van der Waals surface area contributed by atoms with E-state index in [2.05, 4.69) is 40.2 Å². The third kappa shape index (κ3) is 3.02. The second-order valence-corrected chi connectivity index (χ2v) is 8.16. The van der Waals surface area contributed by atoms with Crippen LogP contribution in [0.25, 0.3) is 10.4 Å². The van der Waals surface area contributed by atoms with E-state index < -0.39 is 0 Å². The summed E-state index contributed by atoms with van der Waals surface area (Å²) in [5, 5.41) is 0. The number of aryl methyl sites for hydroxylation is 2. The van der Waals surface area contributed by atoms with Crippen molar-refractivity contribution in [1.29, 1.82) is 0 Å². The number of carbonyl (C=O) groups is 1. The summed E-state index contributed by atoms with van der Waals surface area (Å²) in [4.78, 5) is 23.7. The molecule has 0 bridgehead atoms. The number of piperazine rings is 1. The van der Waals surface area contributed by atoms with Gasteiger partial charge in [-0.1, -0.05) is 24.3 Å². The first-order chi connectivity index (χ1) is 13.3. The number of hydrogen-bond acceptors (Lipinski definition) is 4. The SMILES string of the molecule is O=C(c1cc2c(s1)-c1ccccc1CC2)N1CCN(c2ccncc2)CC1. The summed E-state index contributed by atoms with van der Waals surface area (Å²) in [6.07, 6.45) is 5.74. The van der Waals surface area contributed by atoms with Crippen molar-refractivity contribution >= 4 is 22.9 Å². The van der Waals surface area contributed by atoms with Crippen LogP contribution in [0.1, 0.15) is 20.8 Å². The second kappa shape index (κ2) is 6.82. The normalized spacial score (nSPS) is 16.0. The summed E-state index contributed by atoms with van der Waals surface area (Å²) in [6.45, 7) is 3.26. The lowest BCUT2D eigenvalue weighted by atomic mass is 9.91. The number of anilines is 1. The van der Waals surface area contributed by atoms with Crippen molar-refractivity contribution in [3.8, 4) is 10.4 Å². The maximum Gasteiger partial charge on any atom is 0.264 e. The first-order valence-corrected chi connectivity index (χ1v) is 10.3. The minimum Gasteiger partial charge on any atom is -0.368 e. The van der Waals surface area contributed by atoms with Crippen LogP contribution in [0.2, 0.25) is 0 Å². The van der Waals surface area contributed by atoms with Crippen molar-refractivity contribution in [3.05, 3.63) is 70.9 Å². The van der Waals surface area contributed by atoms with Gasteiger partial charge in [-0.25, -0.2) is 0 Å². The minimum absolute atomic E-state index is 0.182. The van der Waals surface area contributed by atoms with Crippen LogP contribution in [-0.4, -0.2) is 42.0 Å². The van der Waals surface area contributed by atoms with Crippen LogP contribution in [0.5, 0.6) is 0 Å². The molecule has 4 nitrogen and oxygen atoms in total. The van der Waals surface area contributed by atoms with Crippen LogP contribution < -0.4 is 4.90 Å². The van der Waals surface area contributed by atoms with Crippen LogP contribution in [-0.2, 0) is 12.8 Å². The Hall–Kier alpha value is -2.66. The average Bonchev–Trinajstić information content (AvgIpc) is 3.19. The molecule has 0 spiro atoms. The summed E-state index contributed by atoms with van der Waals surface area (Å²) < 4.78 is 0. The summed E-state index contributed by atoms with van der Waals surface area (Å²) in [7, 11) is 0. The van der Waals surface area contributed by atoms with E-state index in [1.54, 1.807) is 11.3 Å². The molecule has 1 aliphatic heterocycles. The Labute approximate surface area is 163 Å². The van der Waals surface area contributed by atoms with Gasteiger partial charge in [-0.05, 0) is 47.7 Å². The summed E-state index contributed by atoms with van der Waals surface area (Å²) in [5.41, 5.74) is 5.22. The third-order valence-electron chi connectivity index (χ3n) is 5.54. The zero-order valence-corrected chi connectivity index (χ0v) is 15.9. The van der Waals surface area contributed by atoms with Crippen LogP contribution in [0.4, 0.5) is 5.69 Å². The zero-order valence-electron chi connectivity index (χ0n) is 15.1. The Morgan fingerprint density at radius 2 is 1.67 bits per heavy atom. The Kier molecular flexibility index (Phi) is 4.17. The summed E-state index contributed by atoms with van der Waals surface area (Å²) in [6, 6.07) is 14.8. The molecule has 3 aromatic rings. The lowest BCUT2D eigenvalue weighted by Gasteiger charge is -2.35. The predicted octanol–water partition coefficient (Wildman–Crippen LogP) is 3.87. The van der Waals surface area contributed by atoms with E-state index in [-0.39, 0.29) is 5.91 Å². The van der Waals surface area contributed by atoms with Crippen LogP contribution in [0.15, 0.2) is 54.9 Å². The smallest absolute Gasteiger partial charge is 0.264 e. The molecule has 0 saturated carbocycles. The highest BCUT2D eigenvalue weighted by atomic mass is 32.1. The number of aromatic nitrogens is 1. The molecular weight excluding hydrogens is 354 g/mol. The molecule has 2 aliphatic rings. The van der Waals surface area contributed by atoms with Gasteiger partial charge in [-0.2, -0.15) is 0 Å². The van der Waals surface area contributed by atoms with Crippen molar-refractivity contribution in [2.45, 2.75) is 12.8 Å². The Morgan fingerprint density at radius 3 is 2.48 bits per heavy atom. The molecule has 2 aromatic heterocycles. The summed E-state index contributed by atoms with van der Waals surface area (Å²) in [5.74, 6) is 0.182. The zero-order chi connectivity index (χ0) is 18.2. The molecule has 0 N–H and O–H groups in total. The van der Waals surface area contributed by atoms with E-state index in [9.17, 15) is 4.79 Å². The van der Waals surface area contributed by atoms with Gasteiger partial charge in [0.15, 0.2) is 0 Å². The van der Waals surface area contributed by atoms with Gasteiger partial charge >= 0.3 is 0 Å². The van der Waals surface area contributed by atoms with E-state index in [1.165, 1.54) is 27.3 Å². The standard InChI is InChI=1S/C22H21N3OS/c26-22(25-13-11-24(12-14-25)18-7-9-23-10-8-18)20-15-17-6-5-16-3-1-2-4-19(16)21(17)27-20/h1-4,7-10,15H,5-6,11-14H2. The fourth-order valence-electron chi connectivity index (χ4n) is 4.06. The molecule has 0 atom stereocenters. The minimum atomic E-state index is 0.182. The molecule has 0 unspecified atom stereocenters. The fourth-order valence-corrected chi connectivity index (χ4v) is 5.29. The van der Waals surface area contributed by atoms with Crippen LogP contribution >= 0.6 is 11.3 Å². The predicted molar refractivity (Wildman–Crippen MR) is 110 cm³/mol. The quantitative estimate of drug-likeness (QED) is 0.682. The molecule has 1 amide bonds. The number of pyridine rings is 1. The lowest BCUT2D eigenvalue weighted by molar-refractivity contribution is 0.0751. The third-order valence-corrected chi connectivity index (χ3v) is 6.74. The van der Waals surface area contributed by atoms with E-state index in [1.807, 2.05) is 29.4 Å². The number of nitrogens with zero attached hydrogens (tertiary/aromatic N) is 3. The van der Waals surface area contributed by atoms with Crippen molar-refractivity contribution in [1.82, 2.24) is 9.88 Å². The second-order valence-electron chi connectivity index (χ2n) is 7.11. The highest BCUT2D eigenvalue weighted by Gasteiger charge is 2.26. The average molecular weight is 375 g/mol. The molecular formula is C22H21N3OS. The van der Waals surface area contributed by atoms with Gasteiger partial charge in [-0.3, -0.25) is 9.78 Å². The monoisotopic (exact) mass is 375 g/mol. The number of carbonyl (C=O) groups excluding carboxylic acids is 1. The van der Waals surface area contributed by atoms with Gasteiger partial charge in [0.25, 0.3) is 5.91 Å². The topological polar surface area (TPSA) is 36.4 Å². The van der Waals surface area contributed by atoms with Crippen LogP contribution in [0.3, 0.4) is 0 Å². The molecule has 27 heavy (non-hydrogen) atoms. The van der Waals surface area contributed by atoms with Crippen molar-refractivity contribution < 1.29 is 4.79 Å². The van der Waals surface area contributed by atoms with Gasteiger partial charge in [0.1, 0.15) is 0 Å². The molecule has 1 aliphatic carbocycles. The molecule has 1 saturated heterocycles. The van der Waals surface area contributed by atoms with Gasteiger partial charge < -0.3 is 9.80 Å². The van der Waals surface area contributed by atoms with E-state index in [0.29, 0.717) is 0 Å². The van der Waals surface area contributed by atoms with Crippen LogP contribution in [0, 0.1) is 0 Å². The molecule has 1 aromatic carbocycles. The highest BCUT2D eigenvalue weighted by Crippen LogP contribution is 2.39. The van der Waals surface area contributed by atoms with Crippen molar-refractivity contribution in [2.75, 3.05) is 31.1 Å². The van der Waals surface area contributed by atoms with Crippen molar-refractivity contribution in [2.24, 2.45) is 0 Å². The Balaban J connectivity index is 1.33. The molecule has 136 valence electrons. The lowest BCUT2D eigenvalue weighted by Crippen LogP contribution is -2.48. The first kappa shape index (κ1) is 16.5. The molecule has 5 heteroatoms. The number of benzene rings is 1. The highest BCUT2D eigenvalue weighted by molar-refractivity contribution is 7.17. The molecule has 3 heterocycles. The van der Waals surface area contributed by atoms with Gasteiger partial charge in [0, 0.05) is 49.1 Å². The maximum atomic E-state index is 13.1. The van der Waals surface area contributed by atoms with Crippen molar-refractivity contribution in [3.63, 3.8) is 0 Å². The molecule has 5 rings (SSSR count). The van der Waals surface area contributed by atoms with Gasteiger partial charge in [0.2, 0.25) is 0 Å². The largest absolute Gasteiger partial charge is 0.368 e. The number of amides is 1. The first-order valence-electron chi connectivity index (χ1n) is 9.45. The number of fused-ring (bicyclic) bond motifs is 3. The van der Waals surface area contributed by atoms with E-state index in [4.69, 9.17) is 0 Å². The summed E-state index contributed by atoms with van der Waals surface area (Å²) >= 11 is 1.66. The van der Waals surface area contributed by atoms with E-state index in [0.717, 1.165) is 43.9 Å². The maximum absolute atomic E-state index is 13.1.